The van der Waals surface area contributed by atoms with E-state index in [2.05, 4.69) is 0 Å². The highest BCUT2D eigenvalue weighted by Gasteiger charge is 2.46. The van der Waals surface area contributed by atoms with Gasteiger partial charge in [0.2, 0.25) is 15.9 Å². The smallest absolute Gasteiger partial charge is 0.310 e. The number of benzene rings is 1. The Morgan fingerprint density at radius 3 is 2.21 bits per heavy atom. The normalized spacial score (nSPS) is 17.6. The lowest BCUT2D eigenvalue weighted by Gasteiger charge is -2.38. The van der Waals surface area contributed by atoms with E-state index < -0.39 is 21.4 Å². The molecule has 1 aromatic rings. The molecule has 1 saturated carbocycles. The fourth-order valence-corrected chi connectivity index (χ4v) is 3.38. The van der Waals surface area contributed by atoms with Gasteiger partial charge in [-0.15, -0.1) is 0 Å². The van der Waals surface area contributed by atoms with Crippen LogP contribution in [-0.2, 0) is 19.6 Å². The van der Waals surface area contributed by atoms with E-state index in [4.69, 9.17) is 5.14 Å². The van der Waals surface area contributed by atoms with Crippen LogP contribution in [0.2, 0.25) is 0 Å². The number of hydrogen-bond acceptors (Lipinski definition) is 4. The minimum atomic E-state index is -3.76. The number of nitrogens with zero attached hydrogens (tertiary/aromatic N) is 1. The summed E-state index contributed by atoms with van der Waals surface area (Å²) in [6.07, 6.45) is 1.87. The molecule has 132 valence electrons. The molecule has 1 fully saturated rings. The Labute approximate surface area is 141 Å². The number of sulfonamides is 1. The van der Waals surface area contributed by atoms with Gasteiger partial charge in [-0.3, -0.25) is 9.59 Å². The summed E-state index contributed by atoms with van der Waals surface area (Å²) in [5.41, 5.74) is -0.182. The van der Waals surface area contributed by atoms with Gasteiger partial charge in [0.1, 0.15) is 0 Å². The van der Waals surface area contributed by atoms with Crippen LogP contribution >= 0.6 is 0 Å². The lowest BCUT2D eigenvalue weighted by molar-refractivity contribution is -0.159. The Hall–Kier alpha value is -1.93. The molecule has 3 N–H and O–H groups in total. The van der Waals surface area contributed by atoms with Gasteiger partial charge in [0.05, 0.1) is 16.4 Å². The van der Waals surface area contributed by atoms with E-state index in [1.54, 1.807) is 26.1 Å². The number of hydrogen-bond donors (Lipinski definition) is 2. The molecule has 0 radical (unpaired) electrons. The van der Waals surface area contributed by atoms with Gasteiger partial charge >= 0.3 is 5.97 Å². The third-order valence-corrected chi connectivity index (χ3v) is 5.85. The van der Waals surface area contributed by atoms with E-state index in [-0.39, 0.29) is 23.3 Å². The Morgan fingerprint density at radius 1 is 1.29 bits per heavy atom. The summed E-state index contributed by atoms with van der Waals surface area (Å²) < 4.78 is 22.5. The highest BCUT2D eigenvalue weighted by Crippen LogP contribution is 2.44. The molecule has 0 bridgehead atoms. The van der Waals surface area contributed by atoms with Crippen LogP contribution < -0.4 is 5.14 Å². The van der Waals surface area contributed by atoms with Gasteiger partial charge in [-0.25, -0.2) is 13.6 Å². The quantitative estimate of drug-likeness (QED) is 0.802. The number of carbonyl (C=O) groups is 2. The molecule has 0 aliphatic heterocycles. The standard InChI is InChI=1S/C16H22N2O5S/c1-11(12-4-6-13(7-5-12)24(17,22)23)18(2)14(19)10-16(15(20)21)8-3-9-16/h4-7,11H,3,8-10H2,1-2H3,(H,20,21)(H2,17,22,23). The van der Waals surface area contributed by atoms with Crippen LogP contribution in [0.1, 0.15) is 44.2 Å². The second kappa shape index (κ2) is 6.52. The van der Waals surface area contributed by atoms with Crippen LogP contribution in [0.5, 0.6) is 0 Å². The lowest BCUT2D eigenvalue weighted by atomic mass is 9.66. The first kappa shape index (κ1) is 18.4. The van der Waals surface area contributed by atoms with Crippen molar-refractivity contribution in [2.24, 2.45) is 10.6 Å². The first-order valence-electron chi connectivity index (χ1n) is 7.69. The molecular weight excluding hydrogens is 332 g/mol. The molecule has 1 atom stereocenters. The number of amides is 1. The molecule has 0 saturated heterocycles. The first-order valence-corrected chi connectivity index (χ1v) is 9.23. The summed E-state index contributed by atoms with van der Waals surface area (Å²) in [5, 5.41) is 14.4. The molecule has 8 heteroatoms. The maximum Gasteiger partial charge on any atom is 0.310 e. The summed E-state index contributed by atoms with van der Waals surface area (Å²) in [6, 6.07) is 5.68. The van der Waals surface area contributed by atoms with E-state index in [0.717, 1.165) is 12.0 Å². The minimum absolute atomic E-state index is 0.00623. The molecular formula is C16H22N2O5S. The first-order chi connectivity index (χ1) is 11.1. The van der Waals surface area contributed by atoms with E-state index in [9.17, 15) is 23.1 Å². The van der Waals surface area contributed by atoms with Crippen molar-refractivity contribution in [2.45, 2.75) is 43.5 Å². The van der Waals surface area contributed by atoms with Crippen molar-refractivity contribution in [1.82, 2.24) is 4.90 Å². The van der Waals surface area contributed by atoms with E-state index >= 15 is 0 Å². The number of aliphatic carboxylic acids is 1. The van der Waals surface area contributed by atoms with Crippen molar-refractivity contribution in [1.29, 1.82) is 0 Å². The Morgan fingerprint density at radius 2 is 1.83 bits per heavy atom. The average Bonchev–Trinajstić information content (AvgIpc) is 2.48. The largest absolute Gasteiger partial charge is 0.481 e. The van der Waals surface area contributed by atoms with Crippen molar-refractivity contribution in [3.63, 3.8) is 0 Å². The molecule has 1 unspecified atom stereocenters. The number of primary sulfonamides is 1. The number of carbonyl (C=O) groups excluding carboxylic acids is 1. The molecule has 0 spiro atoms. The summed E-state index contributed by atoms with van der Waals surface area (Å²) in [5.74, 6) is -1.15. The van der Waals surface area contributed by atoms with Crippen LogP contribution in [0.3, 0.4) is 0 Å². The fourth-order valence-electron chi connectivity index (χ4n) is 2.86. The van der Waals surface area contributed by atoms with Crippen LogP contribution in [0.15, 0.2) is 29.2 Å². The van der Waals surface area contributed by atoms with E-state index in [1.165, 1.54) is 17.0 Å². The monoisotopic (exact) mass is 354 g/mol. The third-order valence-electron chi connectivity index (χ3n) is 4.92. The summed E-state index contributed by atoms with van der Waals surface area (Å²) in [7, 11) is -2.14. The molecule has 0 aromatic heterocycles. The van der Waals surface area contributed by atoms with Crippen LogP contribution in [-0.4, -0.2) is 37.3 Å². The van der Waals surface area contributed by atoms with Gasteiger partial charge in [-0.05, 0) is 37.5 Å². The van der Waals surface area contributed by atoms with Crippen molar-refractivity contribution in [3.8, 4) is 0 Å². The van der Waals surface area contributed by atoms with Gasteiger partial charge in [0.25, 0.3) is 0 Å². The van der Waals surface area contributed by atoms with Crippen LogP contribution in [0, 0.1) is 5.41 Å². The summed E-state index contributed by atoms with van der Waals surface area (Å²) in [6.45, 7) is 1.80. The second-order valence-electron chi connectivity index (χ2n) is 6.41. The van der Waals surface area contributed by atoms with Gasteiger partial charge in [0, 0.05) is 13.5 Å². The Bertz CT molecular complexity index is 738. The van der Waals surface area contributed by atoms with Crippen molar-refractivity contribution in [3.05, 3.63) is 29.8 Å². The summed E-state index contributed by atoms with van der Waals surface area (Å²) in [4.78, 5) is 25.3. The predicted molar refractivity (Wildman–Crippen MR) is 87.5 cm³/mol. The predicted octanol–water partition coefficient (Wildman–Crippen LogP) is 1.50. The lowest BCUT2D eigenvalue weighted by Crippen LogP contribution is -2.43. The van der Waals surface area contributed by atoms with Gasteiger partial charge in [0.15, 0.2) is 0 Å². The maximum atomic E-state index is 12.4. The van der Waals surface area contributed by atoms with Crippen molar-refractivity contribution in [2.75, 3.05) is 7.05 Å². The van der Waals surface area contributed by atoms with E-state index in [0.29, 0.717) is 12.8 Å². The second-order valence-corrected chi connectivity index (χ2v) is 7.97. The fraction of sp³-hybridized carbons (Fsp3) is 0.500. The zero-order chi connectivity index (χ0) is 18.1. The molecule has 7 nitrogen and oxygen atoms in total. The highest BCUT2D eigenvalue weighted by atomic mass is 32.2. The van der Waals surface area contributed by atoms with Gasteiger partial charge in [-0.2, -0.15) is 0 Å². The number of nitrogens with two attached hydrogens (primary N) is 1. The van der Waals surface area contributed by atoms with Crippen molar-refractivity contribution < 1.29 is 23.1 Å². The topological polar surface area (TPSA) is 118 Å². The molecule has 1 aromatic carbocycles. The molecule has 1 amide bonds. The molecule has 1 aliphatic rings. The number of carboxylic acid groups (broad SMARTS) is 1. The van der Waals surface area contributed by atoms with Crippen LogP contribution in [0.25, 0.3) is 0 Å². The molecule has 24 heavy (non-hydrogen) atoms. The molecule has 1 aliphatic carbocycles. The molecule has 0 heterocycles. The summed E-state index contributed by atoms with van der Waals surface area (Å²) >= 11 is 0. The third kappa shape index (κ3) is 3.59. The average molecular weight is 354 g/mol. The van der Waals surface area contributed by atoms with Crippen molar-refractivity contribution >= 4 is 21.9 Å². The number of carboxylic acids is 1. The highest BCUT2D eigenvalue weighted by molar-refractivity contribution is 7.89. The Kier molecular flexibility index (Phi) is 5.00. The zero-order valence-electron chi connectivity index (χ0n) is 13.7. The van der Waals surface area contributed by atoms with Gasteiger partial charge in [-0.1, -0.05) is 18.6 Å². The minimum Gasteiger partial charge on any atom is -0.481 e. The Balaban J connectivity index is 2.10. The van der Waals surface area contributed by atoms with Crippen LogP contribution in [0.4, 0.5) is 0 Å². The van der Waals surface area contributed by atoms with E-state index in [1.807, 2.05) is 0 Å². The number of rotatable bonds is 6. The zero-order valence-corrected chi connectivity index (χ0v) is 14.5. The maximum absolute atomic E-state index is 12.4. The van der Waals surface area contributed by atoms with Gasteiger partial charge < -0.3 is 10.0 Å². The molecule has 2 rings (SSSR count). The SMILES string of the molecule is CC(c1ccc(S(N)(=O)=O)cc1)N(C)C(=O)CC1(C(=O)O)CCC1.